The van der Waals surface area contributed by atoms with Crippen LogP contribution < -0.4 is 11.5 Å². The molecule has 0 radical (unpaired) electrons. The van der Waals surface area contributed by atoms with Gasteiger partial charge in [0.2, 0.25) is 5.91 Å². The van der Waals surface area contributed by atoms with E-state index in [0.29, 0.717) is 37.0 Å². The van der Waals surface area contributed by atoms with Crippen LogP contribution in [0.3, 0.4) is 0 Å². The molecule has 0 aromatic heterocycles. The first-order chi connectivity index (χ1) is 14.3. The van der Waals surface area contributed by atoms with Gasteiger partial charge in [-0.1, -0.05) is 0 Å². The van der Waals surface area contributed by atoms with E-state index in [1.165, 1.54) is 0 Å². The molecule has 7 fully saturated rings. The second kappa shape index (κ2) is 5.98. The van der Waals surface area contributed by atoms with Crippen molar-refractivity contribution in [1.82, 2.24) is 4.90 Å². The van der Waals surface area contributed by atoms with Gasteiger partial charge in [0.25, 0.3) is 0 Å². The lowest BCUT2D eigenvalue weighted by Gasteiger charge is -2.63. The summed E-state index contributed by atoms with van der Waals surface area (Å²) in [6.45, 7) is 0. The molecular weight excluding hydrogens is 380 g/mol. The summed E-state index contributed by atoms with van der Waals surface area (Å²) in [6, 6.07) is 1.58. The Labute approximate surface area is 177 Å². The van der Waals surface area contributed by atoms with Crippen molar-refractivity contribution in [2.45, 2.75) is 99.9 Å². The number of nitrogens with two attached hydrogens (primary N) is 2. The van der Waals surface area contributed by atoms with E-state index in [9.17, 15) is 14.9 Å². The number of ether oxygens (including phenoxy) is 1. The van der Waals surface area contributed by atoms with Crippen LogP contribution in [0.25, 0.3) is 0 Å². The highest BCUT2D eigenvalue weighted by molar-refractivity contribution is 5.85. The van der Waals surface area contributed by atoms with E-state index in [1.807, 2.05) is 0 Å². The monoisotopic (exact) mass is 412 g/mol. The molecule has 0 spiro atoms. The lowest BCUT2D eigenvalue weighted by atomic mass is 9.46. The standard InChI is InChI=1S/C23H32N4O3/c24-11-16-5-15-6-17(15)27(16)19(28)18(25)21-7-13-4-14(8-21)10-22(9-13,12-21)30-20(29)23(26)2-1-3-23/h13-18H,1-10,12,25-26H2. The number of likely N-dealkylation sites (tertiary alicyclic amines) is 1. The maximum absolute atomic E-state index is 13.5. The molecule has 1 amide bonds. The largest absolute Gasteiger partial charge is 0.458 e. The number of hydrogen-bond donors (Lipinski definition) is 2. The van der Waals surface area contributed by atoms with Crippen molar-refractivity contribution in [3.63, 3.8) is 0 Å². The molecule has 0 aromatic rings. The van der Waals surface area contributed by atoms with Crippen molar-refractivity contribution in [2.75, 3.05) is 0 Å². The van der Waals surface area contributed by atoms with Gasteiger partial charge in [0.15, 0.2) is 0 Å². The molecular formula is C23H32N4O3. The average molecular weight is 413 g/mol. The van der Waals surface area contributed by atoms with Crippen LogP contribution in [-0.4, -0.2) is 46.0 Å². The van der Waals surface area contributed by atoms with E-state index in [1.54, 1.807) is 4.90 Å². The van der Waals surface area contributed by atoms with Crippen LogP contribution in [0.5, 0.6) is 0 Å². The van der Waals surface area contributed by atoms with Gasteiger partial charge in [-0.2, -0.15) is 5.26 Å². The zero-order valence-corrected chi connectivity index (χ0v) is 17.5. The van der Waals surface area contributed by atoms with Crippen LogP contribution in [0.15, 0.2) is 0 Å². The van der Waals surface area contributed by atoms with Crippen molar-refractivity contribution >= 4 is 11.9 Å². The molecule has 6 atom stereocenters. The van der Waals surface area contributed by atoms with Crippen LogP contribution in [0.1, 0.15) is 70.6 Å². The molecule has 6 saturated carbocycles. The van der Waals surface area contributed by atoms with Gasteiger partial charge in [-0.3, -0.25) is 9.59 Å². The Morgan fingerprint density at radius 1 is 1.10 bits per heavy atom. The third-order valence-electron chi connectivity index (χ3n) is 9.45. The third-order valence-corrected chi connectivity index (χ3v) is 9.45. The second-order valence-electron chi connectivity index (χ2n) is 11.6. The fourth-order valence-electron chi connectivity index (χ4n) is 8.10. The molecule has 162 valence electrons. The number of amides is 1. The van der Waals surface area contributed by atoms with Gasteiger partial charge in [-0.05, 0) is 93.8 Å². The molecule has 1 aliphatic heterocycles. The van der Waals surface area contributed by atoms with E-state index < -0.39 is 17.2 Å². The van der Waals surface area contributed by atoms with E-state index in [2.05, 4.69) is 6.07 Å². The number of piperidine rings is 1. The minimum atomic E-state index is -0.815. The molecule has 7 rings (SSSR count). The Hall–Kier alpha value is -1.65. The summed E-state index contributed by atoms with van der Waals surface area (Å²) in [5.41, 5.74) is 11.4. The average Bonchev–Trinajstić information content (AvgIpc) is 3.33. The van der Waals surface area contributed by atoms with Crippen molar-refractivity contribution in [3.8, 4) is 6.07 Å². The number of fused-ring (bicyclic) bond motifs is 1. The van der Waals surface area contributed by atoms with Gasteiger partial charge in [0.05, 0.1) is 12.1 Å². The molecule has 6 aliphatic carbocycles. The summed E-state index contributed by atoms with van der Waals surface area (Å²) in [5.74, 6) is 1.08. The highest BCUT2D eigenvalue weighted by Crippen LogP contribution is 2.64. The van der Waals surface area contributed by atoms with Crippen LogP contribution in [-0.2, 0) is 14.3 Å². The summed E-state index contributed by atoms with van der Waals surface area (Å²) in [5, 5.41) is 9.53. The number of carbonyl (C=O) groups excluding carboxylic acids is 2. The zero-order valence-electron chi connectivity index (χ0n) is 17.5. The quantitative estimate of drug-likeness (QED) is 0.676. The molecule has 4 bridgehead atoms. The lowest BCUT2D eigenvalue weighted by Crippen LogP contribution is -2.67. The number of nitrogens with zero attached hydrogens (tertiary/aromatic N) is 2. The molecule has 1 heterocycles. The van der Waals surface area contributed by atoms with Crippen molar-refractivity contribution in [2.24, 2.45) is 34.6 Å². The molecule has 6 unspecified atom stereocenters. The van der Waals surface area contributed by atoms with Crippen molar-refractivity contribution < 1.29 is 14.3 Å². The number of esters is 1. The van der Waals surface area contributed by atoms with Crippen LogP contribution in [0.4, 0.5) is 0 Å². The Bertz CT molecular complexity index is 832. The molecule has 1 saturated heterocycles. The van der Waals surface area contributed by atoms with Gasteiger partial charge in [0, 0.05) is 6.04 Å². The smallest absolute Gasteiger partial charge is 0.326 e. The predicted molar refractivity (Wildman–Crippen MR) is 107 cm³/mol. The zero-order chi connectivity index (χ0) is 20.9. The topological polar surface area (TPSA) is 122 Å². The Morgan fingerprint density at radius 2 is 1.80 bits per heavy atom. The maximum atomic E-state index is 13.5. The normalized spacial score (nSPS) is 47.8. The van der Waals surface area contributed by atoms with Gasteiger partial charge in [-0.15, -0.1) is 0 Å². The summed E-state index contributed by atoms with van der Waals surface area (Å²) in [7, 11) is 0. The third kappa shape index (κ3) is 2.56. The van der Waals surface area contributed by atoms with Crippen LogP contribution >= 0.6 is 0 Å². The number of nitriles is 1. The minimum absolute atomic E-state index is 0.0516. The highest BCUT2D eigenvalue weighted by Gasteiger charge is 2.64. The Kier molecular flexibility index (Phi) is 3.80. The molecule has 4 N–H and O–H groups in total. The maximum Gasteiger partial charge on any atom is 0.326 e. The predicted octanol–water partition coefficient (Wildman–Crippen LogP) is 1.59. The van der Waals surface area contributed by atoms with Crippen molar-refractivity contribution in [3.05, 3.63) is 0 Å². The van der Waals surface area contributed by atoms with E-state index in [4.69, 9.17) is 16.2 Å². The number of carbonyl (C=O) groups is 2. The van der Waals surface area contributed by atoms with E-state index in [0.717, 1.165) is 51.4 Å². The second-order valence-corrected chi connectivity index (χ2v) is 11.6. The summed E-state index contributed by atoms with van der Waals surface area (Å²) in [4.78, 5) is 28.2. The summed E-state index contributed by atoms with van der Waals surface area (Å²) >= 11 is 0. The van der Waals surface area contributed by atoms with Gasteiger partial charge in [-0.25, -0.2) is 0 Å². The first kappa shape index (κ1) is 19.1. The Balaban J connectivity index is 1.26. The number of hydrogen-bond acceptors (Lipinski definition) is 6. The first-order valence-electron chi connectivity index (χ1n) is 11.8. The molecule has 7 heteroatoms. The molecule has 7 nitrogen and oxygen atoms in total. The van der Waals surface area contributed by atoms with E-state index in [-0.39, 0.29) is 29.4 Å². The fourth-order valence-corrected chi connectivity index (χ4v) is 8.10. The lowest BCUT2D eigenvalue weighted by molar-refractivity contribution is -0.212. The summed E-state index contributed by atoms with van der Waals surface area (Å²) in [6.07, 6.45) is 9.61. The SMILES string of the molecule is N#CC1CC2CC2N1C(=O)C(N)C12CC3CC(CC(OC(=O)C4(N)CCC4)(C3)C1)C2. The Morgan fingerprint density at radius 3 is 2.40 bits per heavy atom. The molecule has 7 aliphatic rings. The minimum Gasteiger partial charge on any atom is -0.458 e. The first-order valence-corrected chi connectivity index (χ1v) is 11.8. The van der Waals surface area contributed by atoms with Crippen molar-refractivity contribution in [1.29, 1.82) is 5.26 Å². The molecule has 0 aromatic carbocycles. The highest BCUT2D eigenvalue weighted by atomic mass is 16.6. The van der Waals surface area contributed by atoms with Gasteiger partial charge < -0.3 is 21.1 Å². The van der Waals surface area contributed by atoms with Crippen LogP contribution in [0, 0.1) is 34.5 Å². The fraction of sp³-hybridized carbons (Fsp3) is 0.870. The van der Waals surface area contributed by atoms with E-state index >= 15 is 0 Å². The molecule has 30 heavy (non-hydrogen) atoms. The number of rotatable bonds is 4. The summed E-state index contributed by atoms with van der Waals surface area (Å²) < 4.78 is 6.21. The van der Waals surface area contributed by atoms with Crippen LogP contribution in [0.2, 0.25) is 0 Å². The van der Waals surface area contributed by atoms with Gasteiger partial charge >= 0.3 is 5.97 Å². The van der Waals surface area contributed by atoms with Gasteiger partial charge in [0.1, 0.15) is 17.2 Å².